The van der Waals surface area contributed by atoms with E-state index in [1.807, 2.05) is 61.5 Å². The van der Waals surface area contributed by atoms with E-state index < -0.39 is 16.1 Å². The minimum atomic E-state index is -3.84. The standard InChI is InChI=1S/C24H24N2O4S/c1-17-5-4-6-22(15-17)31(27,28)26-24(19-9-13-21(30-3)14-10-19)16-23(25-26)18-7-11-20(29-2)12-8-18/h4-15,24H,16H2,1-3H3. The molecular weight excluding hydrogens is 412 g/mol. The highest BCUT2D eigenvalue weighted by molar-refractivity contribution is 7.89. The number of rotatable bonds is 6. The van der Waals surface area contributed by atoms with E-state index in [9.17, 15) is 8.42 Å². The lowest BCUT2D eigenvalue weighted by Crippen LogP contribution is -2.27. The molecule has 0 amide bonds. The van der Waals surface area contributed by atoms with Gasteiger partial charge in [0.15, 0.2) is 0 Å². The largest absolute Gasteiger partial charge is 0.497 e. The van der Waals surface area contributed by atoms with Crippen molar-refractivity contribution < 1.29 is 17.9 Å². The molecule has 1 atom stereocenters. The minimum absolute atomic E-state index is 0.228. The lowest BCUT2D eigenvalue weighted by molar-refractivity contribution is 0.370. The van der Waals surface area contributed by atoms with Gasteiger partial charge in [-0.05, 0) is 72.1 Å². The molecule has 1 aliphatic heterocycles. The minimum Gasteiger partial charge on any atom is -0.497 e. The molecule has 3 aromatic rings. The summed E-state index contributed by atoms with van der Waals surface area (Å²) in [4.78, 5) is 0.228. The lowest BCUT2D eigenvalue weighted by atomic mass is 9.99. The fourth-order valence-electron chi connectivity index (χ4n) is 3.63. The van der Waals surface area contributed by atoms with Gasteiger partial charge in [-0.1, -0.05) is 24.3 Å². The molecule has 0 fully saturated rings. The van der Waals surface area contributed by atoms with Gasteiger partial charge in [0.1, 0.15) is 11.5 Å². The first-order chi connectivity index (χ1) is 14.9. The summed E-state index contributed by atoms with van der Waals surface area (Å²) in [6.45, 7) is 1.87. The third kappa shape index (κ3) is 4.14. The molecule has 0 aliphatic carbocycles. The van der Waals surface area contributed by atoms with E-state index in [1.165, 1.54) is 4.41 Å². The molecule has 0 N–H and O–H groups in total. The van der Waals surface area contributed by atoms with Gasteiger partial charge in [0, 0.05) is 6.42 Å². The zero-order valence-electron chi connectivity index (χ0n) is 17.6. The van der Waals surface area contributed by atoms with Crippen molar-refractivity contribution >= 4 is 15.7 Å². The first-order valence-electron chi connectivity index (χ1n) is 9.89. The highest BCUT2D eigenvalue weighted by Gasteiger charge is 2.37. The zero-order chi connectivity index (χ0) is 22.0. The van der Waals surface area contributed by atoms with E-state index in [2.05, 4.69) is 5.10 Å². The molecule has 0 aromatic heterocycles. The second kappa shape index (κ2) is 8.43. The van der Waals surface area contributed by atoms with Gasteiger partial charge in [-0.25, -0.2) is 0 Å². The topological polar surface area (TPSA) is 68.2 Å². The second-order valence-corrected chi connectivity index (χ2v) is 9.16. The molecule has 3 aromatic carbocycles. The monoisotopic (exact) mass is 436 g/mol. The molecule has 31 heavy (non-hydrogen) atoms. The van der Waals surface area contributed by atoms with E-state index >= 15 is 0 Å². The van der Waals surface area contributed by atoms with Gasteiger partial charge in [-0.15, -0.1) is 0 Å². The van der Waals surface area contributed by atoms with Crippen molar-refractivity contribution in [2.24, 2.45) is 5.10 Å². The Labute approximate surface area is 182 Å². The summed E-state index contributed by atoms with van der Waals surface area (Å²) in [6, 6.07) is 21.3. The average molecular weight is 437 g/mol. The Balaban J connectivity index is 1.77. The predicted octanol–water partition coefficient (Wildman–Crippen LogP) is 4.55. The SMILES string of the molecule is COc1ccc(C2=NN(S(=O)(=O)c3cccc(C)c3)C(c3ccc(OC)cc3)C2)cc1. The van der Waals surface area contributed by atoms with Gasteiger partial charge >= 0.3 is 0 Å². The molecule has 0 radical (unpaired) electrons. The maximum atomic E-state index is 13.5. The van der Waals surface area contributed by atoms with Crippen molar-refractivity contribution in [1.82, 2.24) is 4.41 Å². The summed E-state index contributed by atoms with van der Waals surface area (Å²) < 4.78 is 38.8. The first-order valence-corrected chi connectivity index (χ1v) is 11.3. The molecule has 0 bridgehead atoms. The van der Waals surface area contributed by atoms with Crippen LogP contribution in [0.5, 0.6) is 11.5 Å². The fourth-order valence-corrected chi connectivity index (χ4v) is 5.16. The van der Waals surface area contributed by atoms with Crippen LogP contribution in [0.3, 0.4) is 0 Å². The highest BCUT2D eigenvalue weighted by Crippen LogP contribution is 2.38. The second-order valence-electron chi connectivity index (χ2n) is 7.36. The lowest BCUT2D eigenvalue weighted by Gasteiger charge is -2.23. The molecule has 1 heterocycles. The van der Waals surface area contributed by atoms with Crippen LogP contribution in [0, 0.1) is 6.92 Å². The molecule has 7 heteroatoms. The van der Waals surface area contributed by atoms with E-state index in [0.29, 0.717) is 17.9 Å². The van der Waals surface area contributed by atoms with Crippen molar-refractivity contribution in [3.05, 3.63) is 89.5 Å². The molecule has 0 spiro atoms. The maximum absolute atomic E-state index is 13.5. The Morgan fingerprint density at radius 2 is 1.52 bits per heavy atom. The number of ether oxygens (including phenoxy) is 2. The van der Waals surface area contributed by atoms with Crippen molar-refractivity contribution in [3.8, 4) is 11.5 Å². The number of hydrogen-bond acceptors (Lipinski definition) is 5. The number of hydrazone groups is 1. The molecule has 6 nitrogen and oxygen atoms in total. The number of aryl methyl sites for hydroxylation is 1. The quantitative estimate of drug-likeness (QED) is 0.568. The molecule has 0 saturated carbocycles. The molecule has 1 aliphatic rings. The third-order valence-electron chi connectivity index (χ3n) is 5.33. The summed E-state index contributed by atoms with van der Waals surface area (Å²) in [5.41, 5.74) is 3.30. The Kier molecular flexibility index (Phi) is 5.69. The maximum Gasteiger partial charge on any atom is 0.279 e. The number of methoxy groups -OCH3 is 2. The van der Waals surface area contributed by atoms with E-state index in [-0.39, 0.29) is 4.90 Å². The molecule has 160 valence electrons. The summed E-state index contributed by atoms with van der Waals surface area (Å²) >= 11 is 0. The Morgan fingerprint density at radius 1 is 0.903 bits per heavy atom. The van der Waals surface area contributed by atoms with Crippen LogP contribution in [0.2, 0.25) is 0 Å². The zero-order valence-corrected chi connectivity index (χ0v) is 18.5. The number of benzene rings is 3. The summed E-state index contributed by atoms with van der Waals surface area (Å²) in [7, 11) is -0.628. The van der Waals surface area contributed by atoms with Crippen LogP contribution in [0.4, 0.5) is 0 Å². The van der Waals surface area contributed by atoms with Crippen LogP contribution in [0.1, 0.15) is 29.2 Å². The van der Waals surface area contributed by atoms with Gasteiger partial charge in [0.2, 0.25) is 0 Å². The Morgan fingerprint density at radius 3 is 2.10 bits per heavy atom. The van der Waals surface area contributed by atoms with Gasteiger partial charge in [-0.3, -0.25) is 0 Å². The van der Waals surface area contributed by atoms with Crippen LogP contribution in [-0.2, 0) is 10.0 Å². The Bertz CT molecular complexity index is 1200. The normalized spacial score (nSPS) is 16.2. The third-order valence-corrected chi connectivity index (χ3v) is 7.01. The Hall–Kier alpha value is -3.32. The number of nitrogens with zero attached hydrogens (tertiary/aromatic N) is 2. The van der Waals surface area contributed by atoms with Crippen LogP contribution in [-0.4, -0.2) is 32.8 Å². The first kappa shape index (κ1) is 20.9. The van der Waals surface area contributed by atoms with Crippen molar-refractivity contribution in [1.29, 1.82) is 0 Å². The van der Waals surface area contributed by atoms with Crippen LogP contribution < -0.4 is 9.47 Å². The molecule has 4 rings (SSSR count). The highest BCUT2D eigenvalue weighted by atomic mass is 32.2. The summed E-state index contributed by atoms with van der Waals surface area (Å²) in [5.74, 6) is 1.45. The van der Waals surface area contributed by atoms with Crippen molar-refractivity contribution in [2.45, 2.75) is 24.3 Å². The number of sulfonamides is 1. The van der Waals surface area contributed by atoms with Crippen LogP contribution in [0.25, 0.3) is 0 Å². The van der Waals surface area contributed by atoms with E-state index in [1.54, 1.807) is 32.4 Å². The van der Waals surface area contributed by atoms with Gasteiger partial charge in [-0.2, -0.15) is 17.9 Å². The predicted molar refractivity (Wildman–Crippen MR) is 120 cm³/mol. The smallest absolute Gasteiger partial charge is 0.279 e. The van der Waals surface area contributed by atoms with Gasteiger partial charge < -0.3 is 9.47 Å². The van der Waals surface area contributed by atoms with Crippen molar-refractivity contribution in [3.63, 3.8) is 0 Å². The summed E-state index contributed by atoms with van der Waals surface area (Å²) in [5, 5.41) is 4.58. The average Bonchev–Trinajstić information content (AvgIpc) is 3.25. The van der Waals surface area contributed by atoms with Crippen LogP contribution in [0.15, 0.2) is 82.8 Å². The van der Waals surface area contributed by atoms with Gasteiger partial charge in [0.25, 0.3) is 10.0 Å². The van der Waals surface area contributed by atoms with Crippen molar-refractivity contribution in [2.75, 3.05) is 14.2 Å². The molecule has 0 saturated heterocycles. The number of hydrogen-bond donors (Lipinski definition) is 0. The van der Waals surface area contributed by atoms with E-state index in [0.717, 1.165) is 22.4 Å². The summed E-state index contributed by atoms with van der Waals surface area (Å²) in [6.07, 6.45) is 0.462. The van der Waals surface area contributed by atoms with Crippen LogP contribution >= 0.6 is 0 Å². The molecule has 1 unspecified atom stereocenters. The van der Waals surface area contributed by atoms with Gasteiger partial charge in [0.05, 0.1) is 30.9 Å². The fraction of sp³-hybridized carbons (Fsp3) is 0.208. The van der Waals surface area contributed by atoms with E-state index in [4.69, 9.17) is 9.47 Å². The molecular formula is C24H24N2O4S.